The summed E-state index contributed by atoms with van der Waals surface area (Å²) in [5.41, 5.74) is -4.69. The molecule has 4 rings (SSSR count). The van der Waals surface area contributed by atoms with Crippen molar-refractivity contribution in [3.8, 4) is 0 Å². The topological polar surface area (TPSA) is 401 Å². The van der Waals surface area contributed by atoms with E-state index in [1.807, 2.05) is 111 Å². The molecule has 4 fully saturated rings. The first-order chi connectivity index (χ1) is 32.9. The van der Waals surface area contributed by atoms with Crippen LogP contribution < -0.4 is 0 Å². The summed E-state index contributed by atoms with van der Waals surface area (Å²) in [6, 6.07) is 0. The van der Waals surface area contributed by atoms with Crippen LogP contribution in [0.4, 0.5) is 52.7 Å². The monoisotopic (exact) mass is 1370 g/mol. The van der Waals surface area contributed by atoms with Gasteiger partial charge < -0.3 is 91.8 Å². The van der Waals surface area contributed by atoms with Crippen LogP contribution in [0.3, 0.4) is 0 Å². The first-order valence-electron chi connectivity index (χ1n) is 24.5. The van der Waals surface area contributed by atoms with Crippen molar-refractivity contribution in [3.05, 3.63) is 0 Å². The Morgan fingerprint density at radius 1 is 0.325 bits per heavy atom. The molecular formula is C46H96Cu2F12N4O18Si. The second-order valence-corrected chi connectivity index (χ2v) is 27.5. The normalized spacial score (nSPS) is 24.4. The molecule has 0 aromatic heterocycles. The number of hydrogen-bond acceptors (Lipinski definition) is 16. The van der Waals surface area contributed by atoms with E-state index in [1.54, 1.807) is 0 Å². The number of hydrogen-bond donors (Lipinski definition) is 8. The molecule has 0 saturated carbocycles. The Hall–Kier alpha value is -0.464. The maximum absolute atomic E-state index is 11.5. The molecule has 83 heavy (non-hydrogen) atoms. The predicted molar refractivity (Wildman–Crippen MR) is 268 cm³/mol. The molecule has 0 aromatic carbocycles. The van der Waals surface area contributed by atoms with E-state index in [-0.39, 0.29) is 91.4 Å². The van der Waals surface area contributed by atoms with E-state index < -0.39 is 115 Å². The minimum Gasteiger partial charge on any atom is -0.412 e. The molecule has 37 heteroatoms. The Morgan fingerprint density at radius 3 is 0.530 bits per heavy atom. The Morgan fingerprint density at radius 2 is 0.434 bits per heavy atom. The Bertz CT molecular complexity index is 1540. The minimum absolute atomic E-state index is 0. The van der Waals surface area contributed by atoms with Gasteiger partial charge >= 0.3 is 33.8 Å². The van der Waals surface area contributed by atoms with Crippen molar-refractivity contribution in [2.75, 3.05) is 0 Å². The molecule has 4 aliphatic heterocycles. The van der Waals surface area contributed by atoms with E-state index >= 15 is 0 Å². The van der Waals surface area contributed by atoms with Gasteiger partial charge in [0.15, 0.2) is 24.4 Å². The van der Waals surface area contributed by atoms with Gasteiger partial charge in [0.05, 0.1) is 24.4 Å². The van der Waals surface area contributed by atoms with Gasteiger partial charge in [-0.2, -0.15) is 72.9 Å². The molecule has 0 aromatic rings. The van der Waals surface area contributed by atoms with E-state index in [0.717, 1.165) is 0 Å². The van der Waals surface area contributed by atoms with Crippen LogP contribution in [0.2, 0.25) is 0 Å². The molecule has 22 nitrogen and oxygen atoms in total. The van der Waals surface area contributed by atoms with Gasteiger partial charge in [0, 0.05) is 91.3 Å². The first-order valence-corrected chi connectivity index (χ1v) is 26.2. The largest absolute Gasteiger partial charge is 0.680 e. The minimum atomic E-state index is -5.15. The van der Waals surface area contributed by atoms with Crippen LogP contribution >= 0.6 is 0 Å². The third kappa shape index (κ3) is 26.5. The van der Waals surface area contributed by atoms with Gasteiger partial charge in [-0.3, -0.25) is 0 Å². The van der Waals surface area contributed by atoms with E-state index in [0.29, 0.717) is 51.4 Å². The number of aliphatic hydroxyl groups is 4. The first kappa shape index (κ1) is 96.2. The molecular weight excluding hydrogens is 1280 g/mol. The Balaban J connectivity index is -0.000000285. The van der Waals surface area contributed by atoms with E-state index in [1.165, 1.54) is 20.3 Å². The molecule has 2 radical (unpaired) electrons. The van der Waals surface area contributed by atoms with Crippen LogP contribution in [0.15, 0.2) is 0 Å². The van der Waals surface area contributed by atoms with Crippen LogP contribution in [-0.2, 0) is 51.8 Å². The quantitative estimate of drug-likeness (QED) is 0.0976. The number of aliphatic hydroxyl groups excluding tert-OH is 4. The summed E-state index contributed by atoms with van der Waals surface area (Å²) in [7, 11) is -4.13. The molecule has 0 aliphatic carbocycles. The standard InChI is InChI=1S/C36H72N4O8Si.2C5H6F6O2.2Cu.6H2O/c1-29(2)17-25(18-30(3,4)37(29)41)45-49(46-26-19-31(5,6)38(42)32(7,8)20-26,47-27-21-33(9,10)39(43)34(11,12)22-27)48-28-23-35(13,14)40(44)36(15,16)24-28;2*6-4(7,8)2(12)1-3(13)5(9,10)11;;;;;;;;/h25-28,41-44H,17-24H2,1-16H3;2*2-3,12-13H,1H2;;;6*1H2. The fourth-order valence-corrected chi connectivity index (χ4v) is 13.6. The number of halogens is 12. The molecule has 0 bridgehead atoms. The fourth-order valence-electron chi connectivity index (χ4n) is 11.0. The summed E-state index contributed by atoms with van der Waals surface area (Å²) in [5.74, 6) is 0. The summed E-state index contributed by atoms with van der Waals surface area (Å²) in [5, 5.41) is 83.1. The van der Waals surface area contributed by atoms with Crippen molar-refractivity contribution in [1.29, 1.82) is 0 Å². The molecule has 4 aliphatic rings. The van der Waals surface area contributed by atoms with Crippen LogP contribution in [0, 0.1) is 0 Å². The predicted octanol–water partition coefficient (Wildman–Crippen LogP) is 4.62. The Labute approximate surface area is 499 Å². The number of hydroxylamine groups is 8. The molecule has 4 atom stereocenters. The molecule has 4 heterocycles. The summed E-state index contributed by atoms with van der Waals surface area (Å²) < 4.78 is 167. The maximum atomic E-state index is 11.5. The molecule has 4 unspecified atom stereocenters. The average Bonchev–Trinajstić information content (AvgIpc) is 3.15. The van der Waals surface area contributed by atoms with Gasteiger partial charge in [-0.05, 0) is 162 Å². The maximum Gasteiger partial charge on any atom is 0.680 e. The summed E-state index contributed by atoms with van der Waals surface area (Å²) in [6.07, 6.45) is -34.0. The zero-order valence-corrected chi connectivity index (χ0v) is 52.2. The zero-order valence-electron chi connectivity index (χ0n) is 49.3. The van der Waals surface area contributed by atoms with Crippen molar-refractivity contribution < 1.29 is 179 Å². The number of rotatable bonds is 12. The summed E-state index contributed by atoms with van der Waals surface area (Å²) in [6.45, 7) is 32.3. The van der Waals surface area contributed by atoms with Crippen molar-refractivity contribution in [1.82, 2.24) is 20.3 Å². The van der Waals surface area contributed by atoms with Crippen molar-refractivity contribution >= 4 is 9.05 Å². The van der Waals surface area contributed by atoms with Crippen LogP contribution in [0.1, 0.15) is 175 Å². The third-order valence-corrected chi connectivity index (χ3v) is 16.5. The van der Waals surface area contributed by atoms with E-state index in [9.17, 15) is 73.5 Å². The fraction of sp³-hybridized carbons (Fsp3) is 1.00. The van der Waals surface area contributed by atoms with Gasteiger partial charge in [0.2, 0.25) is 0 Å². The number of piperidine rings is 4. The molecule has 0 spiro atoms. The average molecular weight is 1380 g/mol. The van der Waals surface area contributed by atoms with Gasteiger partial charge in [0.25, 0.3) is 0 Å². The third-order valence-electron chi connectivity index (χ3n) is 14.1. The number of nitrogens with zero attached hydrogens (tertiary/aromatic N) is 4. The van der Waals surface area contributed by atoms with Crippen LogP contribution in [-0.4, -0.2) is 221 Å². The zero-order chi connectivity index (χ0) is 59.3. The van der Waals surface area contributed by atoms with Gasteiger partial charge in [-0.1, -0.05) is 0 Å². The second kappa shape index (κ2) is 32.5. The van der Waals surface area contributed by atoms with Gasteiger partial charge in [-0.15, -0.1) is 0 Å². The molecule has 20 N–H and O–H groups in total. The van der Waals surface area contributed by atoms with Crippen molar-refractivity contribution in [2.45, 2.75) is 293 Å². The van der Waals surface area contributed by atoms with E-state index in [2.05, 4.69) is 0 Å². The Kier molecular flexibility index (Phi) is 37.7. The SMILES string of the molecule is CC1(C)CC(O[Si](OC2CC(C)(C)N(O)C(C)(C)C2)(OC2CC(C)(C)N(O)C(C)(C)C2)OC2CC(C)(C)N(O)C(C)(C)C2)CC(C)(C)N1O.O.O.O.O.O.O.OC(CC(O)C(F)(F)F)C(F)(F)F.OC(CC(O)C(F)(F)F)C(F)(F)F.[Cu].[Cu]. The van der Waals surface area contributed by atoms with E-state index in [4.69, 9.17) is 38.1 Å². The smallest absolute Gasteiger partial charge is 0.412 e. The second-order valence-electron chi connectivity index (χ2n) is 25.5. The van der Waals surface area contributed by atoms with Gasteiger partial charge in [-0.25, -0.2) is 0 Å². The van der Waals surface area contributed by atoms with Crippen LogP contribution in [0.5, 0.6) is 0 Å². The van der Waals surface area contributed by atoms with Crippen LogP contribution in [0.25, 0.3) is 0 Å². The summed E-state index contributed by atoms with van der Waals surface area (Å²) in [4.78, 5) is 0. The van der Waals surface area contributed by atoms with Gasteiger partial charge in [0.1, 0.15) is 0 Å². The molecule has 4 saturated heterocycles. The molecule has 518 valence electrons. The van der Waals surface area contributed by atoms with Crippen molar-refractivity contribution in [3.63, 3.8) is 0 Å². The molecule has 0 amide bonds. The van der Waals surface area contributed by atoms with Crippen molar-refractivity contribution in [2.24, 2.45) is 0 Å². The number of alkyl halides is 12. The summed E-state index contributed by atoms with van der Waals surface area (Å²) >= 11 is 0.